The predicted octanol–water partition coefficient (Wildman–Crippen LogP) is 1.19. The summed E-state index contributed by atoms with van der Waals surface area (Å²) < 4.78 is 45.8. The average molecular weight is 215 g/mol. The van der Waals surface area contributed by atoms with E-state index in [2.05, 4.69) is 5.32 Å². The topological polar surface area (TPSA) is 30.5 Å². The molecule has 0 bridgehead atoms. The van der Waals surface area contributed by atoms with E-state index >= 15 is 0 Å². The van der Waals surface area contributed by atoms with Crippen molar-refractivity contribution in [3.8, 4) is 0 Å². The molecule has 0 aliphatic rings. The second-order valence-corrected chi connectivity index (χ2v) is 2.95. The summed E-state index contributed by atoms with van der Waals surface area (Å²) >= 11 is 0. The molecule has 3 nitrogen and oxygen atoms in total. The molecule has 0 radical (unpaired) electrons. The number of ether oxygens (including phenoxy) is 2. The Kier molecular flexibility index (Phi) is 6.06. The Bertz CT molecular complexity index is 146. The number of hydrogen-bond donors (Lipinski definition) is 1. The number of nitrogens with one attached hydrogen (secondary N) is 1. The second-order valence-electron chi connectivity index (χ2n) is 2.95. The highest BCUT2D eigenvalue weighted by Gasteiger charge is 2.38. The molecule has 6 heteroatoms. The van der Waals surface area contributed by atoms with Gasteiger partial charge in [-0.2, -0.15) is 13.2 Å². The zero-order valence-corrected chi connectivity index (χ0v) is 8.52. The van der Waals surface area contributed by atoms with Crippen molar-refractivity contribution < 1.29 is 22.6 Å². The fraction of sp³-hybridized carbons (Fsp3) is 1.00. The standard InChI is InChI=1S/C8H16F3NO2/c1-6(8(9,10)11)14-7(4-12-2)5-13-3/h6-7,12H,4-5H2,1-3H3. The fourth-order valence-electron chi connectivity index (χ4n) is 0.926. The van der Waals surface area contributed by atoms with Crippen LogP contribution >= 0.6 is 0 Å². The molecular formula is C8H16F3NO2. The molecule has 0 fully saturated rings. The monoisotopic (exact) mass is 215 g/mol. The smallest absolute Gasteiger partial charge is 0.382 e. The van der Waals surface area contributed by atoms with Crippen LogP contribution in [0.15, 0.2) is 0 Å². The molecular weight excluding hydrogens is 199 g/mol. The van der Waals surface area contributed by atoms with Crippen LogP contribution in [0.1, 0.15) is 6.92 Å². The lowest BCUT2D eigenvalue weighted by molar-refractivity contribution is -0.229. The molecule has 2 atom stereocenters. The van der Waals surface area contributed by atoms with E-state index in [1.165, 1.54) is 7.11 Å². The predicted molar refractivity (Wildman–Crippen MR) is 46.2 cm³/mol. The van der Waals surface area contributed by atoms with Crippen LogP contribution in [-0.4, -0.2) is 45.7 Å². The molecule has 0 amide bonds. The Morgan fingerprint density at radius 2 is 1.93 bits per heavy atom. The van der Waals surface area contributed by atoms with Crippen LogP contribution in [-0.2, 0) is 9.47 Å². The highest BCUT2D eigenvalue weighted by atomic mass is 19.4. The van der Waals surface area contributed by atoms with Crippen LogP contribution in [0.25, 0.3) is 0 Å². The van der Waals surface area contributed by atoms with Crippen molar-refractivity contribution in [3.05, 3.63) is 0 Å². The molecule has 86 valence electrons. The SMILES string of the molecule is CNCC(COC)OC(C)C(F)(F)F. The average Bonchev–Trinajstić information content (AvgIpc) is 2.03. The van der Waals surface area contributed by atoms with Crippen molar-refractivity contribution in [1.82, 2.24) is 5.32 Å². The number of methoxy groups -OCH3 is 1. The van der Waals surface area contributed by atoms with Gasteiger partial charge in [-0.3, -0.25) is 0 Å². The maximum atomic E-state index is 12.1. The van der Waals surface area contributed by atoms with Crippen LogP contribution in [0, 0.1) is 0 Å². The molecule has 14 heavy (non-hydrogen) atoms. The number of halogens is 3. The Hall–Kier alpha value is -0.330. The largest absolute Gasteiger partial charge is 0.414 e. The van der Waals surface area contributed by atoms with Gasteiger partial charge in [0.2, 0.25) is 0 Å². The zero-order valence-electron chi connectivity index (χ0n) is 8.52. The summed E-state index contributed by atoms with van der Waals surface area (Å²) in [4.78, 5) is 0. The van der Waals surface area contributed by atoms with E-state index in [4.69, 9.17) is 9.47 Å². The first-order valence-electron chi connectivity index (χ1n) is 4.27. The van der Waals surface area contributed by atoms with Crippen molar-refractivity contribution >= 4 is 0 Å². The van der Waals surface area contributed by atoms with Crippen molar-refractivity contribution in [2.75, 3.05) is 27.3 Å². The van der Waals surface area contributed by atoms with Crippen molar-refractivity contribution in [2.45, 2.75) is 25.3 Å². The summed E-state index contributed by atoms with van der Waals surface area (Å²) in [5, 5.41) is 2.74. The van der Waals surface area contributed by atoms with E-state index in [9.17, 15) is 13.2 Å². The summed E-state index contributed by atoms with van der Waals surface area (Å²) in [6.07, 6.45) is -6.67. The summed E-state index contributed by atoms with van der Waals surface area (Å²) in [7, 11) is 3.06. The van der Waals surface area contributed by atoms with Crippen molar-refractivity contribution in [1.29, 1.82) is 0 Å². The number of rotatable bonds is 6. The lowest BCUT2D eigenvalue weighted by Crippen LogP contribution is -2.39. The van der Waals surface area contributed by atoms with E-state index in [0.717, 1.165) is 6.92 Å². The molecule has 0 heterocycles. The van der Waals surface area contributed by atoms with Crippen LogP contribution < -0.4 is 5.32 Å². The van der Waals surface area contributed by atoms with E-state index in [0.29, 0.717) is 6.54 Å². The van der Waals surface area contributed by atoms with Gasteiger partial charge in [0.1, 0.15) is 0 Å². The fourth-order valence-corrected chi connectivity index (χ4v) is 0.926. The summed E-state index contributed by atoms with van der Waals surface area (Å²) in [5.74, 6) is 0. The second kappa shape index (κ2) is 6.21. The Labute approximate surface area is 81.6 Å². The Morgan fingerprint density at radius 3 is 2.29 bits per heavy atom. The zero-order chi connectivity index (χ0) is 11.2. The van der Waals surface area contributed by atoms with Gasteiger partial charge in [-0.15, -0.1) is 0 Å². The minimum Gasteiger partial charge on any atom is -0.382 e. The minimum atomic E-state index is -4.32. The van der Waals surface area contributed by atoms with Gasteiger partial charge in [-0.1, -0.05) is 0 Å². The molecule has 0 aromatic rings. The number of likely N-dealkylation sites (N-methyl/N-ethyl adjacent to an activating group) is 1. The first-order chi connectivity index (χ1) is 6.41. The summed E-state index contributed by atoms with van der Waals surface area (Å²) in [6.45, 7) is 1.45. The molecule has 0 saturated heterocycles. The van der Waals surface area contributed by atoms with Gasteiger partial charge in [0.05, 0.1) is 12.7 Å². The van der Waals surface area contributed by atoms with Gasteiger partial charge in [-0.25, -0.2) is 0 Å². The minimum absolute atomic E-state index is 0.140. The number of hydrogen-bond acceptors (Lipinski definition) is 3. The van der Waals surface area contributed by atoms with Gasteiger partial charge < -0.3 is 14.8 Å². The van der Waals surface area contributed by atoms with Crippen LogP contribution in [0.2, 0.25) is 0 Å². The van der Waals surface area contributed by atoms with Crippen molar-refractivity contribution in [2.24, 2.45) is 0 Å². The van der Waals surface area contributed by atoms with Crippen molar-refractivity contribution in [3.63, 3.8) is 0 Å². The van der Waals surface area contributed by atoms with Crippen LogP contribution in [0.3, 0.4) is 0 Å². The normalized spacial score (nSPS) is 16.7. The summed E-state index contributed by atoms with van der Waals surface area (Å²) in [5.41, 5.74) is 0. The van der Waals surface area contributed by atoms with Crippen LogP contribution in [0.4, 0.5) is 13.2 Å². The van der Waals surface area contributed by atoms with Gasteiger partial charge >= 0.3 is 6.18 Å². The van der Waals surface area contributed by atoms with Gasteiger partial charge in [0.25, 0.3) is 0 Å². The first-order valence-corrected chi connectivity index (χ1v) is 4.27. The van der Waals surface area contributed by atoms with E-state index < -0.39 is 18.4 Å². The molecule has 0 spiro atoms. The third kappa shape index (κ3) is 5.41. The van der Waals surface area contributed by atoms with Crippen LogP contribution in [0.5, 0.6) is 0 Å². The van der Waals surface area contributed by atoms with E-state index in [-0.39, 0.29) is 6.61 Å². The molecule has 1 N–H and O–H groups in total. The van der Waals surface area contributed by atoms with E-state index in [1.807, 2.05) is 0 Å². The molecule has 0 aliphatic heterocycles. The molecule has 0 aromatic carbocycles. The first kappa shape index (κ1) is 13.7. The summed E-state index contributed by atoms with van der Waals surface area (Å²) in [6, 6.07) is 0. The Balaban J connectivity index is 4.01. The quantitative estimate of drug-likeness (QED) is 0.722. The highest BCUT2D eigenvalue weighted by molar-refractivity contribution is 4.67. The van der Waals surface area contributed by atoms with Gasteiger partial charge in [0, 0.05) is 13.7 Å². The lowest BCUT2D eigenvalue weighted by Gasteiger charge is -2.23. The van der Waals surface area contributed by atoms with Gasteiger partial charge in [0.15, 0.2) is 6.10 Å². The third-order valence-corrected chi connectivity index (χ3v) is 1.64. The van der Waals surface area contributed by atoms with E-state index in [1.54, 1.807) is 7.05 Å². The third-order valence-electron chi connectivity index (χ3n) is 1.64. The maximum Gasteiger partial charge on any atom is 0.414 e. The maximum absolute atomic E-state index is 12.1. The molecule has 0 rings (SSSR count). The lowest BCUT2D eigenvalue weighted by atomic mass is 10.3. The molecule has 2 unspecified atom stereocenters. The van der Waals surface area contributed by atoms with Gasteiger partial charge in [-0.05, 0) is 14.0 Å². The Morgan fingerprint density at radius 1 is 1.36 bits per heavy atom. The molecule has 0 aromatic heterocycles. The number of alkyl halides is 3. The molecule has 0 aliphatic carbocycles. The molecule has 0 saturated carbocycles. The highest BCUT2D eigenvalue weighted by Crippen LogP contribution is 2.23.